The highest BCUT2D eigenvalue weighted by Crippen LogP contribution is 2.31. The van der Waals surface area contributed by atoms with Gasteiger partial charge in [0.15, 0.2) is 0 Å². The third-order valence-corrected chi connectivity index (χ3v) is 4.53. The van der Waals surface area contributed by atoms with Crippen molar-refractivity contribution in [2.24, 2.45) is 0 Å². The number of furan rings is 1. The number of rotatable bonds is 5. The molecule has 1 fully saturated rings. The average Bonchev–Trinajstić information content (AvgIpc) is 3.24. The molecule has 152 valence electrons. The minimum Gasteiger partial charge on any atom is -0.467 e. The normalized spacial score (nSPS) is 15.2. The first-order chi connectivity index (χ1) is 13.9. The van der Waals surface area contributed by atoms with Gasteiger partial charge in [-0.15, -0.1) is 0 Å². The molecular weight excluding hydrogens is 385 g/mol. The Morgan fingerprint density at radius 2 is 1.97 bits per heavy atom. The van der Waals surface area contributed by atoms with Gasteiger partial charge in [-0.2, -0.15) is 18.4 Å². The minimum atomic E-state index is -4.38. The number of hydrogen-bond donors (Lipinski definition) is 1. The zero-order chi connectivity index (χ0) is 20.9. The van der Waals surface area contributed by atoms with E-state index in [1.807, 2.05) is 15.9 Å². The van der Waals surface area contributed by atoms with Crippen LogP contribution in [0.5, 0.6) is 0 Å². The summed E-state index contributed by atoms with van der Waals surface area (Å²) in [7, 11) is 0. The number of nitrogens with zero attached hydrogens (tertiary/aromatic N) is 3. The van der Waals surface area contributed by atoms with Gasteiger partial charge >= 0.3 is 6.18 Å². The van der Waals surface area contributed by atoms with Crippen LogP contribution in [0.25, 0.3) is 0 Å². The second-order valence-electron chi connectivity index (χ2n) is 6.49. The summed E-state index contributed by atoms with van der Waals surface area (Å²) in [5.41, 5.74) is -0.221. The number of halogens is 3. The second-order valence-corrected chi connectivity index (χ2v) is 6.49. The van der Waals surface area contributed by atoms with Crippen LogP contribution in [0.15, 0.2) is 58.9 Å². The monoisotopic (exact) mass is 404 g/mol. The number of piperazine rings is 1. The van der Waals surface area contributed by atoms with E-state index < -0.39 is 17.6 Å². The minimum absolute atomic E-state index is 0.0379. The van der Waals surface area contributed by atoms with Crippen LogP contribution in [0.3, 0.4) is 0 Å². The van der Waals surface area contributed by atoms with Crippen molar-refractivity contribution in [3.05, 3.63) is 65.8 Å². The predicted molar refractivity (Wildman–Crippen MR) is 99.5 cm³/mol. The van der Waals surface area contributed by atoms with Crippen molar-refractivity contribution in [2.45, 2.75) is 12.7 Å². The molecule has 1 amide bonds. The van der Waals surface area contributed by atoms with E-state index >= 15 is 0 Å². The molecule has 2 aromatic rings. The van der Waals surface area contributed by atoms with Gasteiger partial charge in [0.2, 0.25) is 0 Å². The highest BCUT2D eigenvalue weighted by molar-refractivity contribution is 5.97. The van der Waals surface area contributed by atoms with Crippen LogP contribution in [-0.2, 0) is 17.5 Å². The zero-order valence-electron chi connectivity index (χ0n) is 15.4. The maximum Gasteiger partial charge on any atom is 0.416 e. The van der Waals surface area contributed by atoms with E-state index in [9.17, 15) is 23.2 Å². The highest BCUT2D eigenvalue weighted by atomic mass is 19.4. The smallest absolute Gasteiger partial charge is 0.416 e. The fourth-order valence-electron chi connectivity index (χ4n) is 2.98. The van der Waals surface area contributed by atoms with Crippen molar-refractivity contribution >= 4 is 11.6 Å². The fraction of sp³-hybridized carbons (Fsp3) is 0.300. The standard InChI is InChI=1S/C20H19F3N4O2/c21-20(22,23)16-3-1-4-17(11-16)27-8-6-26(7-9-27)14-15(12-24)19(28)25-13-18-5-2-10-29-18/h1-5,10-11,14H,6-9,13H2,(H,25,28)/b15-14+. The SMILES string of the molecule is N#C/C(=C\N1CCN(c2cccc(C(F)(F)F)c2)CC1)C(=O)NCc1ccco1. The molecule has 2 heterocycles. The molecule has 1 aliphatic heterocycles. The van der Waals surface area contributed by atoms with Gasteiger partial charge < -0.3 is 19.5 Å². The molecule has 9 heteroatoms. The fourth-order valence-corrected chi connectivity index (χ4v) is 2.98. The number of nitrogens with one attached hydrogen (secondary N) is 1. The van der Waals surface area contributed by atoms with E-state index in [2.05, 4.69) is 5.32 Å². The molecular formula is C20H19F3N4O2. The van der Waals surface area contributed by atoms with E-state index in [4.69, 9.17) is 4.42 Å². The number of carbonyl (C=O) groups is 1. The zero-order valence-corrected chi connectivity index (χ0v) is 15.4. The lowest BCUT2D eigenvalue weighted by Crippen LogP contribution is -2.44. The molecule has 1 saturated heterocycles. The van der Waals surface area contributed by atoms with Crippen LogP contribution < -0.4 is 10.2 Å². The van der Waals surface area contributed by atoms with E-state index in [0.29, 0.717) is 37.6 Å². The second kappa shape index (κ2) is 8.73. The summed E-state index contributed by atoms with van der Waals surface area (Å²) in [6.07, 6.45) is -1.40. The van der Waals surface area contributed by atoms with Crippen molar-refractivity contribution < 1.29 is 22.4 Å². The molecule has 0 saturated carbocycles. The molecule has 1 N–H and O–H groups in total. The molecule has 0 aliphatic carbocycles. The van der Waals surface area contributed by atoms with E-state index in [0.717, 1.165) is 12.1 Å². The Hall–Kier alpha value is -3.41. The number of alkyl halides is 3. The van der Waals surface area contributed by atoms with Gasteiger partial charge in [0.05, 0.1) is 18.4 Å². The predicted octanol–water partition coefficient (Wildman–Crippen LogP) is 3.14. The first-order valence-electron chi connectivity index (χ1n) is 8.95. The van der Waals surface area contributed by atoms with Crippen molar-refractivity contribution in [3.63, 3.8) is 0 Å². The van der Waals surface area contributed by atoms with Crippen LogP contribution in [-0.4, -0.2) is 37.0 Å². The Balaban J connectivity index is 1.58. The van der Waals surface area contributed by atoms with E-state index in [1.54, 1.807) is 18.2 Å². The lowest BCUT2D eigenvalue weighted by Gasteiger charge is -2.35. The molecule has 29 heavy (non-hydrogen) atoms. The number of hydrogen-bond acceptors (Lipinski definition) is 5. The average molecular weight is 404 g/mol. The van der Waals surface area contributed by atoms with Crippen molar-refractivity contribution in [3.8, 4) is 6.07 Å². The van der Waals surface area contributed by atoms with Crippen LogP contribution in [0, 0.1) is 11.3 Å². The van der Waals surface area contributed by atoms with Gasteiger partial charge in [-0.05, 0) is 30.3 Å². The third kappa shape index (κ3) is 5.31. The van der Waals surface area contributed by atoms with E-state index in [-0.39, 0.29) is 12.1 Å². The first kappa shape index (κ1) is 20.3. The number of amides is 1. The molecule has 0 unspecified atom stereocenters. The van der Waals surface area contributed by atoms with Crippen molar-refractivity contribution in [2.75, 3.05) is 31.1 Å². The lowest BCUT2D eigenvalue weighted by molar-refractivity contribution is -0.137. The number of benzene rings is 1. The Labute approximate surface area is 165 Å². The quantitative estimate of drug-likeness (QED) is 0.612. The van der Waals surface area contributed by atoms with Crippen LogP contribution in [0.2, 0.25) is 0 Å². The maximum atomic E-state index is 12.9. The van der Waals surface area contributed by atoms with Crippen molar-refractivity contribution in [1.82, 2.24) is 10.2 Å². The summed E-state index contributed by atoms with van der Waals surface area (Å²) < 4.78 is 43.8. The van der Waals surface area contributed by atoms with Crippen LogP contribution in [0.1, 0.15) is 11.3 Å². The topological polar surface area (TPSA) is 72.5 Å². The molecule has 0 bridgehead atoms. The van der Waals surface area contributed by atoms with Gasteiger partial charge in [-0.25, -0.2) is 0 Å². The Bertz CT molecular complexity index is 909. The molecule has 3 rings (SSSR count). The van der Waals surface area contributed by atoms with Crippen molar-refractivity contribution in [1.29, 1.82) is 5.26 Å². The summed E-state index contributed by atoms with van der Waals surface area (Å²) >= 11 is 0. The van der Waals surface area contributed by atoms with Gasteiger partial charge in [-0.1, -0.05) is 6.07 Å². The summed E-state index contributed by atoms with van der Waals surface area (Å²) in [5, 5.41) is 11.9. The van der Waals surface area contributed by atoms with Gasteiger partial charge in [0.1, 0.15) is 17.4 Å². The summed E-state index contributed by atoms with van der Waals surface area (Å²) in [5.74, 6) is 0.0644. The Kier molecular flexibility index (Phi) is 6.12. The first-order valence-corrected chi connectivity index (χ1v) is 8.95. The lowest BCUT2D eigenvalue weighted by atomic mass is 10.1. The maximum absolute atomic E-state index is 12.9. The molecule has 1 aliphatic rings. The van der Waals surface area contributed by atoms with Gasteiger partial charge in [0, 0.05) is 38.1 Å². The molecule has 0 radical (unpaired) electrons. The Morgan fingerprint density at radius 1 is 1.21 bits per heavy atom. The summed E-state index contributed by atoms with van der Waals surface area (Å²) in [4.78, 5) is 15.8. The third-order valence-electron chi connectivity index (χ3n) is 4.53. The van der Waals surface area contributed by atoms with Gasteiger partial charge in [0.25, 0.3) is 5.91 Å². The molecule has 6 nitrogen and oxygen atoms in total. The largest absolute Gasteiger partial charge is 0.467 e. The van der Waals surface area contributed by atoms with Crippen LogP contribution >= 0.6 is 0 Å². The summed E-state index contributed by atoms with van der Waals surface area (Å²) in [6, 6.07) is 10.5. The molecule has 1 aromatic heterocycles. The number of nitriles is 1. The van der Waals surface area contributed by atoms with Crippen LogP contribution in [0.4, 0.5) is 18.9 Å². The molecule has 1 aromatic carbocycles. The number of anilines is 1. The van der Waals surface area contributed by atoms with Gasteiger partial charge in [-0.3, -0.25) is 4.79 Å². The summed E-state index contributed by atoms with van der Waals surface area (Å²) in [6.45, 7) is 2.09. The molecule has 0 atom stereocenters. The van der Waals surface area contributed by atoms with E-state index in [1.165, 1.54) is 18.5 Å². The number of carbonyl (C=O) groups excluding carboxylic acids is 1. The highest BCUT2D eigenvalue weighted by Gasteiger charge is 2.31. The Morgan fingerprint density at radius 3 is 2.59 bits per heavy atom. The molecule has 0 spiro atoms.